The quantitative estimate of drug-likeness (QED) is 0.844. The number of nitrogens with zero attached hydrogens (tertiary/aromatic N) is 2. The maximum Gasteiger partial charge on any atom is 0.245 e. The summed E-state index contributed by atoms with van der Waals surface area (Å²) in [5, 5.41) is 3.84. The number of likely N-dealkylation sites (tertiary alicyclic amines) is 1. The number of rotatable bonds is 5. The molecule has 1 unspecified atom stereocenters. The van der Waals surface area contributed by atoms with Crippen LogP contribution < -0.4 is 5.73 Å². The third-order valence-electron chi connectivity index (χ3n) is 4.14. The lowest BCUT2D eigenvalue weighted by Crippen LogP contribution is -2.59. The average molecular weight is 295 g/mol. The molecule has 1 aromatic rings. The first-order chi connectivity index (χ1) is 9.92. The van der Waals surface area contributed by atoms with Crippen LogP contribution in [0.4, 0.5) is 0 Å². The molecule has 1 saturated heterocycles. The van der Waals surface area contributed by atoms with Crippen molar-refractivity contribution < 1.29 is 18.8 Å². The number of carbonyl (C=O) groups is 2. The van der Waals surface area contributed by atoms with Gasteiger partial charge in [-0.25, -0.2) is 0 Å². The molecular weight excluding hydrogens is 274 g/mol. The van der Waals surface area contributed by atoms with E-state index in [1.807, 2.05) is 0 Å². The minimum absolute atomic E-state index is 0.121. The largest absolute Gasteiger partial charge is 0.382 e. The Bertz CT molecular complexity index is 535. The second-order valence-electron chi connectivity index (χ2n) is 5.46. The Morgan fingerprint density at radius 2 is 2.19 bits per heavy atom. The molecule has 1 aromatic heterocycles. The van der Waals surface area contributed by atoms with E-state index in [4.69, 9.17) is 15.0 Å². The predicted molar refractivity (Wildman–Crippen MR) is 74.4 cm³/mol. The molecule has 0 bridgehead atoms. The van der Waals surface area contributed by atoms with Crippen LogP contribution in [-0.4, -0.2) is 47.7 Å². The van der Waals surface area contributed by atoms with Gasteiger partial charge in [-0.3, -0.25) is 9.59 Å². The molecule has 0 aromatic carbocycles. The van der Waals surface area contributed by atoms with E-state index in [1.165, 1.54) is 7.11 Å². The number of methoxy groups -OCH3 is 1. The van der Waals surface area contributed by atoms with Crippen LogP contribution in [0.15, 0.2) is 4.52 Å². The summed E-state index contributed by atoms with van der Waals surface area (Å²) in [6, 6.07) is 0. The normalized spacial score (nSPS) is 21.8. The molecule has 0 aliphatic carbocycles. The van der Waals surface area contributed by atoms with E-state index in [2.05, 4.69) is 5.16 Å². The monoisotopic (exact) mass is 295 g/mol. The van der Waals surface area contributed by atoms with Gasteiger partial charge >= 0.3 is 0 Å². The smallest absolute Gasteiger partial charge is 0.245 e. The minimum Gasteiger partial charge on any atom is -0.382 e. The van der Waals surface area contributed by atoms with Crippen molar-refractivity contribution in [1.29, 1.82) is 0 Å². The number of primary amides is 1. The Labute approximate surface area is 123 Å². The van der Waals surface area contributed by atoms with Crippen LogP contribution in [0, 0.1) is 13.8 Å². The highest BCUT2D eigenvalue weighted by Crippen LogP contribution is 2.30. The summed E-state index contributed by atoms with van der Waals surface area (Å²) >= 11 is 0. The summed E-state index contributed by atoms with van der Waals surface area (Å²) in [4.78, 5) is 26.0. The van der Waals surface area contributed by atoms with E-state index in [-0.39, 0.29) is 18.9 Å². The molecule has 1 aliphatic rings. The number of hydrogen-bond donors (Lipinski definition) is 1. The summed E-state index contributed by atoms with van der Waals surface area (Å²) < 4.78 is 10.2. The minimum atomic E-state index is -1.04. The van der Waals surface area contributed by atoms with Gasteiger partial charge in [0.05, 0.1) is 18.7 Å². The maximum atomic E-state index is 12.6. The molecule has 0 saturated carbocycles. The van der Waals surface area contributed by atoms with Gasteiger partial charge < -0.3 is 19.9 Å². The highest BCUT2D eigenvalue weighted by Gasteiger charge is 2.48. The van der Waals surface area contributed by atoms with Gasteiger partial charge in [0.15, 0.2) is 0 Å². The molecule has 1 fully saturated rings. The van der Waals surface area contributed by atoms with Gasteiger partial charge in [-0.15, -0.1) is 0 Å². The fourth-order valence-electron chi connectivity index (χ4n) is 2.96. The topological polar surface area (TPSA) is 98.7 Å². The molecule has 2 N–H and O–H groups in total. The molecule has 2 rings (SSSR count). The molecule has 2 amide bonds. The van der Waals surface area contributed by atoms with E-state index in [0.717, 1.165) is 12.0 Å². The number of carbonyl (C=O) groups excluding carboxylic acids is 2. The van der Waals surface area contributed by atoms with E-state index >= 15 is 0 Å². The fourth-order valence-corrected chi connectivity index (χ4v) is 2.96. The van der Waals surface area contributed by atoms with Crippen LogP contribution in [0.25, 0.3) is 0 Å². The van der Waals surface area contributed by atoms with Crippen molar-refractivity contribution in [3.05, 3.63) is 17.0 Å². The highest BCUT2D eigenvalue weighted by molar-refractivity contribution is 5.92. The zero-order chi connectivity index (χ0) is 15.6. The first-order valence-corrected chi connectivity index (χ1v) is 6.93. The third-order valence-corrected chi connectivity index (χ3v) is 4.14. The molecule has 7 nitrogen and oxygen atoms in total. The lowest BCUT2D eigenvalue weighted by molar-refractivity contribution is -0.146. The van der Waals surface area contributed by atoms with Crippen molar-refractivity contribution in [3.63, 3.8) is 0 Å². The zero-order valence-corrected chi connectivity index (χ0v) is 12.6. The van der Waals surface area contributed by atoms with Crippen molar-refractivity contribution >= 4 is 11.8 Å². The summed E-state index contributed by atoms with van der Waals surface area (Å²) in [6.07, 6.45) is 1.42. The first kappa shape index (κ1) is 15.5. The summed E-state index contributed by atoms with van der Waals surface area (Å²) in [5.41, 5.74) is 5.96. The van der Waals surface area contributed by atoms with Crippen LogP contribution in [0.2, 0.25) is 0 Å². The van der Waals surface area contributed by atoms with Gasteiger partial charge in [0.2, 0.25) is 11.8 Å². The number of aryl methyl sites for hydroxylation is 2. The molecule has 1 aliphatic heterocycles. The Hall–Kier alpha value is -1.89. The molecular formula is C14H21N3O4. The number of ether oxygens (including phenoxy) is 1. The fraction of sp³-hybridized carbons (Fsp3) is 0.643. The SMILES string of the molecule is COCC1(C(N)=O)CCCN1C(=O)Cc1c(C)noc1C. The Morgan fingerprint density at radius 3 is 2.71 bits per heavy atom. The van der Waals surface area contributed by atoms with Gasteiger partial charge in [0.1, 0.15) is 11.3 Å². The molecule has 0 radical (unpaired) electrons. The van der Waals surface area contributed by atoms with Crippen molar-refractivity contribution in [2.45, 2.75) is 38.6 Å². The second-order valence-corrected chi connectivity index (χ2v) is 5.46. The van der Waals surface area contributed by atoms with Crippen molar-refractivity contribution in [2.75, 3.05) is 20.3 Å². The lowest BCUT2D eigenvalue weighted by Gasteiger charge is -2.35. The number of hydrogen-bond acceptors (Lipinski definition) is 5. The molecule has 1 atom stereocenters. The molecule has 116 valence electrons. The second kappa shape index (κ2) is 5.85. The standard InChI is InChI=1S/C14H21N3O4/c1-9-11(10(2)21-16-9)7-12(18)17-6-4-5-14(17,8-20-3)13(15)19/h4-8H2,1-3H3,(H2,15,19). The zero-order valence-electron chi connectivity index (χ0n) is 12.6. The van der Waals surface area contributed by atoms with E-state index in [1.54, 1.807) is 18.7 Å². The van der Waals surface area contributed by atoms with Gasteiger partial charge in [-0.2, -0.15) is 0 Å². The summed E-state index contributed by atoms with van der Waals surface area (Å²) in [7, 11) is 1.50. The van der Waals surface area contributed by atoms with Crippen LogP contribution in [-0.2, 0) is 20.7 Å². The van der Waals surface area contributed by atoms with Crippen LogP contribution in [0.1, 0.15) is 29.9 Å². The van der Waals surface area contributed by atoms with E-state index in [0.29, 0.717) is 24.4 Å². The van der Waals surface area contributed by atoms with Crippen LogP contribution in [0.3, 0.4) is 0 Å². The first-order valence-electron chi connectivity index (χ1n) is 6.93. The predicted octanol–water partition coefficient (Wildman–Crippen LogP) is 0.327. The molecule has 7 heteroatoms. The van der Waals surface area contributed by atoms with Gasteiger partial charge in [0.25, 0.3) is 0 Å². The number of nitrogens with two attached hydrogens (primary N) is 1. The van der Waals surface area contributed by atoms with Crippen LogP contribution >= 0.6 is 0 Å². The molecule has 0 spiro atoms. The van der Waals surface area contributed by atoms with E-state index < -0.39 is 11.4 Å². The molecule has 2 heterocycles. The number of amides is 2. The Kier molecular flexibility index (Phi) is 4.32. The maximum absolute atomic E-state index is 12.6. The highest BCUT2D eigenvalue weighted by atomic mass is 16.5. The summed E-state index contributed by atoms with van der Waals surface area (Å²) in [5.74, 6) is -0.0526. The van der Waals surface area contributed by atoms with Crippen molar-refractivity contribution in [1.82, 2.24) is 10.1 Å². The lowest BCUT2D eigenvalue weighted by atomic mass is 9.95. The van der Waals surface area contributed by atoms with E-state index in [9.17, 15) is 9.59 Å². The Morgan fingerprint density at radius 1 is 1.48 bits per heavy atom. The van der Waals surface area contributed by atoms with Crippen molar-refractivity contribution in [3.8, 4) is 0 Å². The average Bonchev–Trinajstić information content (AvgIpc) is 2.98. The summed E-state index contributed by atoms with van der Waals surface area (Å²) in [6.45, 7) is 4.19. The van der Waals surface area contributed by atoms with Crippen LogP contribution in [0.5, 0.6) is 0 Å². The van der Waals surface area contributed by atoms with Gasteiger partial charge in [-0.1, -0.05) is 5.16 Å². The molecule has 21 heavy (non-hydrogen) atoms. The Balaban J connectivity index is 2.23. The van der Waals surface area contributed by atoms with Gasteiger partial charge in [-0.05, 0) is 26.7 Å². The van der Waals surface area contributed by atoms with Gasteiger partial charge in [0, 0.05) is 19.2 Å². The number of aromatic nitrogens is 1. The third kappa shape index (κ3) is 2.65. The van der Waals surface area contributed by atoms with Crippen molar-refractivity contribution in [2.24, 2.45) is 5.73 Å².